The Labute approximate surface area is 370 Å². The number of amides is 1. The topological polar surface area (TPSA) is 164 Å². The maximum Gasteiger partial charge on any atom is 0.329 e. The lowest BCUT2D eigenvalue weighted by Crippen LogP contribution is -2.64. The van der Waals surface area contributed by atoms with Crippen molar-refractivity contribution in [2.75, 3.05) is 27.9 Å². The number of piperidine rings is 1. The van der Waals surface area contributed by atoms with Crippen molar-refractivity contribution in [2.45, 2.75) is 180 Å². The summed E-state index contributed by atoms with van der Waals surface area (Å²) in [6.07, 6.45) is 11.4. The Morgan fingerprint density at radius 1 is 0.952 bits per heavy atom. The summed E-state index contributed by atoms with van der Waals surface area (Å²) >= 11 is 0. The fourth-order valence-corrected chi connectivity index (χ4v) is 9.80. The molecule has 2 saturated heterocycles. The van der Waals surface area contributed by atoms with Crippen LogP contribution in [0.1, 0.15) is 131 Å². The van der Waals surface area contributed by atoms with Gasteiger partial charge in [0.15, 0.2) is 5.78 Å². The van der Waals surface area contributed by atoms with Crippen LogP contribution in [-0.4, -0.2) is 116 Å². The molecule has 0 radical (unpaired) electrons. The van der Waals surface area contributed by atoms with Crippen LogP contribution in [0.25, 0.3) is 0 Å². The molecule has 0 spiro atoms. The zero-order valence-corrected chi connectivity index (χ0v) is 38.9. The SMILES string of the molecule is C=CCCC(=O)OC1CCC(CC=C(C)C2OC(=O)C3CCCCN3C(=O)C(=O)C3(O)OC(C(OC)CC(C)CC(C)/C=C(\CC)C(=O)C/C=C/2C)C(OC)CC3C)CC1OC. The fourth-order valence-electron chi connectivity index (χ4n) is 9.80. The Morgan fingerprint density at radius 2 is 1.65 bits per heavy atom. The van der Waals surface area contributed by atoms with Crippen LogP contribution >= 0.6 is 0 Å². The van der Waals surface area contributed by atoms with Crippen molar-refractivity contribution in [1.29, 1.82) is 0 Å². The van der Waals surface area contributed by atoms with Crippen molar-refractivity contribution in [1.82, 2.24) is 4.90 Å². The number of rotatable bonds is 11. The van der Waals surface area contributed by atoms with Gasteiger partial charge in [-0.25, -0.2) is 4.79 Å². The summed E-state index contributed by atoms with van der Waals surface area (Å²) in [5, 5.41) is 12.1. The molecule has 2 bridgehead atoms. The number of Topliss-reactive ketones (excluding diaryl/α,β-unsaturated/α-hetero) is 2. The average Bonchev–Trinajstić information content (AvgIpc) is 3.26. The number of carbonyl (C=O) groups excluding carboxylic acids is 5. The van der Waals surface area contributed by atoms with E-state index in [1.54, 1.807) is 34.3 Å². The molecule has 1 N–H and O–H groups in total. The molecule has 1 saturated carbocycles. The van der Waals surface area contributed by atoms with Gasteiger partial charge in [-0.1, -0.05) is 52.0 Å². The number of nitrogens with zero attached hydrogens (tertiary/aromatic N) is 1. The Balaban J connectivity index is 1.68. The molecule has 4 aliphatic rings. The number of fused-ring (bicyclic) bond motifs is 3. The predicted octanol–water partition coefficient (Wildman–Crippen LogP) is 7.33. The van der Waals surface area contributed by atoms with E-state index in [0.717, 1.165) is 24.0 Å². The number of ether oxygens (including phenoxy) is 6. The molecule has 3 fully saturated rings. The van der Waals surface area contributed by atoms with E-state index in [4.69, 9.17) is 28.4 Å². The van der Waals surface area contributed by atoms with E-state index in [9.17, 15) is 29.1 Å². The molecule has 0 aromatic rings. The number of ketones is 2. The van der Waals surface area contributed by atoms with Crippen LogP contribution in [0, 0.1) is 23.7 Å². The molecule has 348 valence electrons. The van der Waals surface area contributed by atoms with E-state index in [1.807, 2.05) is 39.0 Å². The summed E-state index contributed by atoms with van der Waals surface area (Å²) in [6.45, 7) is 15.3. The van der Waals surface area contributed by atoms with Crippen molar-refractivity contribution < 1.29 is 57.5 Å². The van der Waals surface area contributed by atoms with Crippen LogP contribution in [0.3, 0.4) is 0 Å². The van der Waals surface area contributed by atoms with Gasteiger partial charge >= 0.3 is 11.9 Å². The number of esters is 2. The highest BCUT2D eigenvalue weighted by Gasteiger charge is 2.56. The van der Waals surface area contributed by atoms with Gasteiger partial charge in [-0.15, -0.1) is 6.58 Å². The summed E-state index contributed by atoms with van der Waals surface area (Å²) in [7, 11) is 4.72. The van der Waals surface area contributed by atoms with Crippen molar-refractivity contribution >= 4 is 29.4 Å². The van der Waals surface area contributed by atoms with Gasteiger partial charge in [-0.2, -0.15) is 0 Å². The summed E-state index contributed by atoms with van der Waals surface area (Å²) in [4.78, 5) is 70.3. The maximum absolute atomic E-state index is 14.4. The third kappa shape index (κ3) is 13.1. The minimum atomic E-state index is -2.48. The number of methoxy groups -OCH3 is 3. The maximum atomic E-state index is 14.4. The van der Waals surface area contributed by atoms with Gasteiger partial charge in [-0.3, -0.25) is 19.2 Å². The summed E-state index contributed by atoms with van der Waals surface area (Å²) in [5.41, 5.74) is 2.15. The molecule has 1 aliphatic carbocycles. The molecule has 12 unspecified atom stereocenters. The van der Waals surface area contributed by atoms with Gasteiger partial charge in [0.05, 0.1) is 18.3 Å². The zero-order chi connectivity index (χ0) is 45.7. The third-order valence-corrected chi connectivity index (χ3v) is 13.5. The molecule has 1 amide bonds. The number of hydrogen-bond acceptors (Lipinski definition) is 12. The standard InChI is InChI=1S/C49H75NO12/c1-11-13-17-43(52)60-39-23-21-35(29-40(39)57-8)20-18-32(5)44-33(6)19-22-38(51)36(12-2)26-30(3)25-31(4)27-41(58-9)45-42(59-10)28-34(7)49(56,62-45)46(53)47(54)50-24-15-14-16-37(50)48(55)61-44/h11,18-19,26,30-31,34-35,37,39-42,44-45,56H,1,12-17,20-25,27-29H2,2-10H3/b32-18?,33-19+,36-26+. The average molecular weight is 870 g/mol. The molecule has 13 heteroatoms. The normalized spacial score (nSPS) is 36.8. The van der Waals surface area contributed by atoms with Crippen molar-refractivity contribution in [3.05, 3.63) is 47.6 Å². The number of aliphatic hydroxyl groups is 1. The molecule has 0 aromatic carbocycles. The summed E-state index contributed by atoms with van der Waals surface area (Å²) < 4.78 is 35.9. The number of hydrogen-bond donors (Lipinski definition) is 1. The van der Waals surface area contributed by atoms with E-state index in [0.29, 0.717) is 56.9 Å². The quantitative estimate of drug-likeness (QED) is 0.125. The molecule has 3 aliphatic heterocycles. The first-order valence-electron chi connectivity index (χ1n) is 22.9. The minimum Gasteiger partial charge on any atom is -0.460 e. The second kappa shape index (κ2) is 24.0. The number of allylic oxidation sites excluding steroid dienone is 5. The second-order valence-electron chi connectivity index (χ2n) is 18.3. The Morgan fingerprint density at radius 3 is 2.31 bits per heavy atom. The predicted molar refractivity (Wildman–Crippen MR) is 235 cm³/mol. The first-order chi connectivity index (χ1) is 29.5. The van der Waals surface area contributed by atoms with Crippen LogP contribution in [0.4, 0.5) is 0 Å². The molecule has 3 heterocycles. The molecule has 4 rings (SSSR count). The lowest BCUT2D eigenvalue weighted by atomic mass is 9.81. The van der Waals surface area contributed by atoms with Crippen LogP contribution in [0.15, 0.2) is 47.6 Å². The van der Waals surface area contributed by atoms with E-state index >= 15 is 0 Å². The molecule has 13 nitrogen and oxygen atoms in total. The van der Waals surface area contributed by atoms with Crippen LogP contribution in [0.5, 0.6) is 0 Å². The van der Waals surface area contributed by atoms with Gasteiger partial charge in [0.2, 0.25) is 5.79 Å². The lowest BCUT2D eigenvalue weighted by Gasteiger charge is -2.47. The summed E-state index contributed by atoms with van der Waals surface area (Å²) in [5.74, 6) is -6.04. The third-order valence-electron chi connectivity index (χ3n) is 13.5. The first-order valence-corrected chi connectivity index (χ1v) is 22.9. The highest BCUT2D eigenvalue weighted by molar-refractivity contribution is 6.39. The van der Waals surface area contributed by atoms with E-state index < -0.39 is 59.8 Å². The van der Waals surface area contributed by atoms with E-state index in [1.165, 1.54) is 4.90 Å². The molecular weight excluding hydrogens is 795 g/mol. The first kappa shape index (κ1) is 51.1. The van der Waals surface area contributed by atoms with Crippen LogP contribution in [-0.2, 0) is 52.4 Å². The van der Waals surface area contributed by atoms with Gasteiger partial charge in [-0.05, 0) is 125 Å². The van der Waals surface area contributed by atoms with Gasteiger partial charge < -0.3 is 38.4 Å². The Bertz CT molecular complexity index is 1670. The van der Waals surface area contributed by atoms with Crippen LogP contribution < -0.4 is 0 Å². The van der Waals surface area contributed by atoms with Gasteiger partial charge in [0, 0.05) is 46.6 Å². The Hall–Kier alpha value is -3.49. The van der Waals surface area contributed by atoms with Crippen LogP contribution in [0.2, 0.25) is 0 Å². The van der Waals surface area contributed by atoms with Crippen molar-refractivity contribution in [2.24, 2.45) is 23.7 Å². The van der Waals surface area contributed by atoms with Crippen molar-refractivity contribution in [3.63, 3.8) is 0 Å². The summed E-state index contributed by atoms with van der Waals surface area (Å²) in [6, 6.07) is -1.08. The molecule has 62 heavy (non-hydrogen) atoms. The van der Waals surface area contributed by atoms with E-state index in [-0.39, 0.29) is 73.9 Å². The molecule has 12 atom stereocenters. The number of carbonyl (C=O) groups is 5. The second-order valence-corrected chi connectivity index (χ2v) is 18.3. The zero-order valence-electron chi connectivity index (χ0n) is 38.9. The van der Waals surface area contributed by atoms with Gasteiger partial charge in [0.25, 0.3) is 11.7 Å². The fraction of sp³-hybridized carbons (Fsp3) is 0.735. The smallest absolute Gasteiger partial charge is 0.329 e. The number of cyclic esters (lactones) is 1. The van der Waals surface area contributed by atoms with E-state index in [2.05, 4.69) is 20.4 Å². The van der Waals surface area contributed by atoms with Gasteiger partial charge in [0.1, 0.15) is 24.4 Å². The minimum absolute atomic E-state index is 0.0132. The highest BCUT2D eigenvalue weighted by atomic mass is 16.7. The molecule has 0 aromatic heterocycles. The van der Waals surface area contributed by atoms with Crippen molar-refractivity contribution in [3.8, 4) is 0 Å². The largest absolute Gasteiger partial charge is 0.460 e. The monoisotopic (exact) mass is 870 g/mol. The highest BCUT2D eigenvalue weighted by Crippen LogP contribution is 2.39. The molecular formula is C49H75NO12. The Kier molecular flexibility index (Phi) is 19.8. The lowest BCUT2D eigenvalue weighted by molar-refractivity contribution is -0.302.